The number of hydrazone groups is 1. The van der Waals surface area contributed by atoms with Crippen LogP contribution in [0.25, 0.3) is 0 Å². The number of phenols is 1. The third-order valence-corrected chi connectivity index (χ3v) is 7.46. The molecule has 3 aromatic carbocycles. The van der Waals surface area contributed by atoms with E-state index in [0.717, 1.165) is 38.8 Å². The smallest absolute Gasteiger partial charge is 0.163 e. The van der Waals surface area contributed by atoms with Crippen LogP contribution in [0.15, 0.2) is 83.7 Å². The van der Waals surface area contributed by atoms with Crippen LogP contribution in [-0.4, -0.2) is 47.6 Å². The van der Waals surface area contributed by atoms with Crippen molar-refractivity contribution in [3.63, 3.8) is 0 Å². The molecule has 1 heterocycles. The molecule has 2 atom stereocenters. The van der Waals surface area contributed by atoms with Crippen LogP contribution >= 0.6 is 0 Å². The van der Waals surface area contributed by atoms with E-state index in [4.69, 9.17) is 15.2 Å². The molecule has 0 saturated heterocycles. The number of unbranched alkanes of at least 4 members (excludes halogenated alkanes) is 2. The van der Waals surface area contributed by atoms with E-state index in [1.165, 1.54) is 11.1 Å². The summed E-state index contributed by atoms with van der Waals surface area (Å²) in [4.78, 5) is 12.3. The Morgan fingerprint density at radius 1 is 1.00 bits per heavy atom. The van der Waals surface area contributed by atoms with E-state index >= 15 is 0 Å². The first kappa shape index (κ1) is 32.7. The highest BCUT2D eigenvalue weighted by Gasteiger charge is 2.20. The van der Waals surface area contributed by atoms with Gasteiger partial charge in [0.1, 0.15) is 23.4 Å². The normalized spacial score (nSPS) is 15.1. The Bertz CT molecular complexity index is 1440. The lowest BCUT2D eigenvalue weighted by molar-refractivity contribution is 0.0980. The molecule has 4 rings (SSSR count). The van der Waals surface area contributed by atoms with Crippen LogP contribution in [0, 0.1) is 0 Å². The molecule has 2 unspecified atom stereocenters. The van der Waals surface area contributed by atoms with Crippen molar-refractivity contribution in [2.24, 2.45) is 10.8 Å². The summed E-state index contributed by atoms with van der Waals surface area (Å²) in [6, 6.07) is 20.9. The number of rotatable bonds is 17. The Morgan fingerprint density at radius 2 is 1.77 bits per heavy atom. The van der Waals surface area contributed by atoms with Crippen LogP contribution in [0.2, 0.25) is 0 Å². The summed E-state index contributed by atoms with van der Waals surface area (Å²) < 4.78 is 11.9. The molecule has 44 heavy (non-hydrogen) atoms. The quantitative estimate of drug-likeness (QED) is 0.106. The zero-order valence-corrected chi connectivity index (χ0v) is 25.6. The third kappa shape index (κ3) is 9.16. The van der Waals surface area contributed by atoms with Crippen molar-refractivity contribution in [3.05, 3.63) is 106 Å². The summed E-state index contributed by atoms with van der Waals surface area (Å²) in [5.74, 6) is 1.32. The van der Waals surface area contributed by atoms with Gasteiger partial charge in [0.25, 0.3) is 0 Å². The molecule has 1 aliphatic rings. The standard InChI is InChI=1S/C35H44N4O5/c1-3-30(41)28-11-9-13-32(34(28)24(2)40)43-20-8-4-7-19-37-23-26-16-14-25(15-17-26)18-21-44-33-22-29(38-39-35(33)36)27-10-5-6-12-31(27)42/h5-6,9-17,22,24,35,37,39-40,42H,3-4,7-8,18-21,23,36H2,1-2H3. The van der Waals surface area contributed by atoms with Gasteiger partial charge in [-0.05, 0) is 62.1 Å². The molecule has 0 saturated carbocycles. The Labute approximate surface area is 259 Å². The summed E-state index contributed by atoms with van der Waals surface area (Å²) in [5, 5.41) is 28.1. The number of allylic oxidation sites excluding steroid dienone is 1. The molecule has 0 spiro atoms. The van der Waals surface area contributed by atoms with Crippen molar-refractivity contribution in [2.45, 2.75) is 64.8 Å². The molecule has 6 N–H and O–H groups in total. The lowest BCUT2D eigenvalue weighted by Gasteiger charge is -2.22. The number of aliphatic hydroxyl groups excluding tert-OH is 1. The Hall–Kier alpha value is -4.18. The second-order valence-electron chi connectivity index (χ2n) is 10.8. The summed E-state index contributed by atoms with van der Waals surface area (Å²) in [5.41, 5.74) is 13.6. The van der Waals surface area contributed by atoms with Gasteiger partial charge in [0, 0.05) is 42.2 Å². The minimum absolute atomic E-state index is 0.00774. The molecule has 3 aromatic rings. The largest absolute Gasteiger partial charge is 0.507 e. The topological polar surface area (TPSA) is 138 Å². The van der Waals surface area contributed by atoms with Gasteiger partial charge in [-0.1, -0.05) is 55.5 Å². The summed E-state index contributed by atoms with van der Waals surface area (Å²) in [6.45, 7) is 6.20. The average Bonchev–Trinajstić information content (AvgIpc) is 3.03. The van der Waals surface area contributed by atoms with Crippen molar-refractivity contribution >= 4 is 11.5 Å². The highest BCUT2D eigenvalue weighted by molar-refractivity contribution is 6.11. The second kappa shape index (κ2) is 16.6. The van der Waals surface area contributed by atoms with Gasteiger partial charge < -0.3 is 30.7 Å². The van der Waals surface area contributed by atoms with Gasteiger partial charge in [-0.15, -0.1) is 0 Å². The molecular formula is C35H44N4O5. The van der Waals surface area contributed by atoms with Crippen LogP contribution in [0.1, 0.15) is 78.2 Å². The van der Waals surface area contributed by atoms with E-state index in [1.54, 1.807) is 37.3 Å². The molecular weight excluding hydrogens is 556 g/mol. The Morgan fingerprint density at radius 3 is 2.52 bits per heavy atom. The number of ketones is 1. The fourth-order valence-electron chi connectivity index (χ4n) is 5.01. The number of nitrogens with one attached hydrogen (secondary N) is 2. The predicted molar refractivity (Wildman–Crippen MR) is 173 cm³/mol. The van der Waals surface area contributed by atoms with Crippen molar-refractivity contribution in [1.82, 2.24) is 10.7 Å². The van der Waals surface area contributed by atoms with Crippen molar-refractivity contribution in [3.8, 4) is 11.5 Å². The Balaban J connectivity index is 1.12. The lowest BCUT2D eigenvalue weighted by atomic mass is 9.97. The second-order valence-corrected chi connectivity index (χ2v) is 10.8. The van der Waals surface area contributed by atoms with E-state index in [2.05, 4.69) is 40.1 Å². The highest BCUT2D eigenvalue weighted by Crippen LogP contribution is 2.30. The fourth-order valence-corrected chi connectivity index (χ4v) is 5.01. The monoisotopic (exact) mass is 600 g/mol. The van der Waals surface area contributed by atoms with Gasteiger partial charge in [0.05, 0.1) is 25.0 Å². The van der Waals surface area contributed by atoms with E-state index in [9.17, 15) is 15.0 Å². The van der Waals surface area contributed by atoms with Gasteiger partial charge >= 0.3 is 0 Å². The number of nitrogens with zero attached hydrogens (tertiary/aromatic N) is 1. The van der Waals surface area contributed by atoms with Crippen molar-refractivity contribution in [2.75, 3.05) is 19.8 Å². The lowest BCUT2D eigenvalue weighted by Crippen LogP contribution is -2.40. The third-order valence-electron chi connectivity index (χ3n) is 7.46. The number of nitrogens with two attached hydrogens (primary N) is 1. The van der Waals surface area contributed by atoms with Crippen LogP contribution in [0.4, 0.5) is 0 Å². The first-order valence-electron chi connectivity index (χ1n) is 15.3. The number of para-hydroxylation sites is 1. The molecule has 0 aliphatic carbocycles. The number of benzene rings is 3. The van der Waals surface area contributed by atoms with Gasteiger partial charge in [-0.25, -0.2) is 0 Å². The van der Waals surface area contributed by atoms with Crippen LogP contribution < -0.4 is 21.2 Å². The summed E-state index contributed by atoms with van der Waals surface area (Å²) >= 11 is 0. The van der Waals surface area contributed by atoms with Gasteiger partial charge in [-0.2, -0.15) is 5.10 Å². The van der Waals surface area contributed by atoms with Gasteiger partial charge in [0.2, 0.25) is 0 Å². The van der Waals surface area contributed by atoms with Crippen molar-refractivity contribution in [1.29, 1.82) is 0 Å². The maximum atomic E-state index is 12.3. The summed E-state index contributed by atoms with van der Waals surface area (Å²) in [7, 11) is 0. The van der Waals surface area contributed by atoms with E-state index in [1.807, 2.05) is 25.1 Å². The molecule has 234 valence electrons. The minimum atomic E-state index is -0.764. The van der Waals surface area contributed by atoms with Crippen LogP contribution in [0.5, 0.6) is 11.5 Å². The first-order valence-corrected chi connectivity index (χ1v) is 15.3. The number of carbonyl (C=O) groups excluding carboxylic acids is 1. The SMILES string of the molecule is CCC(=O)c1cccc(OCCCCCNCc2ccc(CCOC3=CC(c4ccccc4O)=NNC3N)cc2)c1C(C)O. The number of ether oxygens (including phenoxy) is 2. The number of carbonyl (C=O) groups is 1. The Kier molecular flexibility index (Phi) is 12.4. The van der Waals surface area contributed by atoms with E-state index in [0.29, 0.717) is 53.5 Å². The number of hydrogen-bond acceptors (Lipinski definition) is 9. The maximum absolute atomic E-state index is 12.3. The molecule has 1 aliphatic heterocycles. The molecule has 0 fully saturated rings. The van der Waals surface area contributed by atoms with E-state index < -0.39 is 12.3 Å². The van der Waals surface area contributed by atoms with Gasteiger partial charge in [-0.3, -0.25) is 10.2 Å². The molecule has 0 radical (unpaired) electrons. The van der Waals surface area contributed by atoms with Gasteiger partial charge in [0.15, 0.2) is 5.78 Å². The number of hydrogen-bond donors (Lipinski definition) is 5. The zero-order chi connectivity index (χ0) is 31.3. The molecule has 9 heteroatoms. The predicted octanol–water partition coefficient (Wildman–Crippen LogP) is 5.11. The summed E-state index contributed by atoms with van der Waals surface area (Å²) in [6.07, 6.45) is 4.52. The number of aliphatic hydroxyl groups is 1. The molecule has 0 aromatic heterocycles. The van der Waals surface area contributed by atoms with Crippen LogP contribution in [0.3, 0.4) is 0 Å². The molecule has 9 nitrogen and oxygen atoms in total. The minimum Gasteiger partial charge on any atom is -0.507 e. The van der Waals surface area contributed by atoms with E-state index in [-0.39, 0.29) is 11.5 Å². The molecule has 0 amide bonds. The number of phenolic OH excluding ortho intramolecular Hbond substituents is 1. The fraction of sp³-hybridized carbons (Fsp3) is 0.371. The zero-order valence-electron chi connectivity index (χ0n) is 25.6. The molecule has 0 bridgehead atoms. The average molecular weight is 601 g/mol. The highest BCUT2D eigenvalue weighted by atomic mass is 16.5. The van der Waals surface area contributed by atoms with Crippen LogP contribution in [-0.2, 0) is 17.7 Å². The first-order chi connectivity index (χ1) is 21.4. The van der Waals surface area contributed by atoms with Crippen molar-refractivity contribution < 1.29 is 24.5 Å². The number of Topliss-reactive ketones (excluding diaryl/α,β-unsaturated/α-hetero) is 1. The number of aromatic hydroxyl groups is 1. The maximum Gasteiger partial charge on any atom is 0.163 e.